The molecule has 4 aromatic rings. The first-order valence-corrected chi connectivity index (χ1v) is 10.7. The third-order valence-corrected chi connectivity index (χ3v) is 5.25. The van der Waals surface area contributed by atoms with Gasteiger partial charge in [0.25, 0.3) is 0 Å². The molecule has 3 heterocycles. The second kappa shape index (κ2) is 8.96. The van der Waals surface area contributed by atoms with Gasteiger partial charge in [0, 0.05) is 11.9 Å². The molecule has 0 aliphatic rings. The molecule has 31 heavy (non-hydrogen) atoms. The van der Waals surface area contributed by atoms with E-state index in [1.807, 2.05) is 37.3 Å². The van der Waals surface area contributed by atoms with Crippen molar-refractivity contribution >= 4 is 22.6 Å². The zero-order chi connectivity index (χ0) is 21.8. The molecule has 0 aliphatic heterocycles. The fourth-order valence-corrected chi connectivity index (χ4v) is 3.69. The van der Waals surface area contributed by atoms with Crippen LogP contribution in [0.1, 0.15) is 38.4 Å². The molecule has 0 spiro atoms. The summed E-state index contributed by atoms with van der Waals surface area (Å²) in [7, 11) is 0. The number of aryl methyl sites for hydroxylation is 1. The van der Waals surface area contributed by atoms with E-state index in [9.17, 15) is 0 Å². The number of nitrogens with two attached hydrogens (primary N) is 1. The van der Waals surface area contributed by atoms with E-state index in [4.69, 9.17) is 15.7 Å². The standard InChI is InChI=1S/C26H27N5/c1-4-8-19(9-5-2)22-15-16-23-26(29-22)31(20-13-11-18(6-3)12-14-20)25(30-23)21-10-7-17-28-24(21)27/h4,7-17H,5-6H2,1-3H3,(H2,27,28)/b8-4-,19-9+. The second-order valence-corrected chi connectivity index (χ2v) is 7.33. The Morgan fingerprint density at radius 3 is 2.52 bits per heavy atom. The number of allylic oxidation sites excluding steroid dienone is 4. The average molecular weight is 410 g/mol. The highest BCUT2D eigenvalue weighted by molar-refractivity contribution is 5.85. The third kappa shape index (κ3) is 3.99. The van der Waals surface area contributed by atoms with Crippen molar-refractivity contribution in [2.45, 2.75) is 33.6 Å². The predicted molar refractivity (Wildman–Crippen MR) is 129 cm³/mol. The van der Waals surface area contributed by atoms with Crippen molar-refractivity contribution in [3.05, 3.63) is 84.2 Å². The highest BCUT2D eigenvalue weighted by Gasteiger charge is 2.18. The minimum Gasteiger partial charge on any atom is -0.383 e. The zero-order valence-corrected chi connectivity index (χ0v) is 18.2. The maximum Gasteiger partial charge on any atom is 0.165 e. The Kier molecular flexibility index (Phi) is 5.94. The number of imidazole rings is 1. The van der Waals surface area contributed by atoms with Crippen molar-refractivity contribution < 1.29 is 0 Å². The van der Waals surface area contributed by atoms with E-state index in [0.29, 0.717) is 5.82 Å². The Labute approximate surface area is 183 Å². The highest BCUT2D eigenvalue weighted by atomic mass is 15.1. The van der Waals surface area contributed by atoms with Crippen LogP contribution < -0.4 is 5.73 Å². The minimum absolute atomic E-state index is 0.449. The molecule has 156 valence electrons. The van der Waals surface area contributed by atoms with E-state index >= 15 is 0 Å². The Hall–Kier alpha value is -3.73. The lowest BCUT2D eigenvalue weighted by Crippen LogP contribution is -2.02. The topological polar surface area (TPSA) is 69.6 Å². The van der Waals surface area contributed by atoms with Crippen molar-refractivity contribution in [1.82, 2.24) is 19.5 Å². The highest BCUT2D eigenvalue weighted by Crippen LogP contribution is 2.31. The van der Waals surface area contributed by atoms with Crippen LogP contribution in [0.2, 0.25) is 0 Å². The number of nitrogen functional groups attached to an aromatic ring is 1. The molecular formula is C26H27N5. The molecule has 0 saturated heterocycles. The molecule has 0 bridgehead atoms. The van der Waals surface area contributed by atoms with Gasteiger partial charge in [-0.2, -0.15) is 0 Å². The SMILES string of the molecule is C/C=C\C(=C/CC)c1ccc2nc(-c3cccnc3N)n(-c3ccc(CC)cc3)c2n1. The first-order chi connectivity index (χ1) is 15.2. The number of pyridine rings is 2. The number of benzene rings is 1. The molecule has 0 radical (unpaired) electrons. The summed E-state index contributed by atoms with van der Waals surface area (Å²) in [5.41, 5.74) is 12.9. The van der Waals surface area contributed by atoms with Crippen LogP contribution in [0, 0.1) is 0 Å². The molecule has 0 atom stereocenters. The van der Waals surface area contributed by atoms with Gasteiger partial charge in [-0.1, -0.05) is 44.2 Å². The van der Waals surface area contributed by atoms with Gasteiger partial charge in [0.2, 0.25) is 0 Å². The monoisotopic (exact) mass is 409 g/mol. The van der Waals surface area contributed by atoms with Gasteiger partial charge in [-0.3, -0.25) is 4.57 Å². The summed E-state index contributed by atoms with van der Waals surface area (Å²) in [6.45, 7) is 6.30. The lowest BCUT2D eigenvalue weighted by molar-refractivity contribution is 1.06. The Balaban J connectivity index is 2.01. The molecule has 4 rings (SSSR count). The Bertz CT molecular complexity index is 1260. The van der Waals surface area contributed by atoms with E-state index in [2.05, 4.69) is 59.8 Å². The summed E-state index contributed by atoms with van der Waals surface area (Å²) in [5.74, 6) is 1.19. The summed E-state index contributed by atoms with van der Waals surface area (Å²) in [6, 6.07) is 16.4. The van der Waals surface area contributed by atoms with Crippen LogP contribution in [0.4, 0.5) is 5.82 Å². The van der Waals surface area contributed by atoms with Gasteiger partial charge in [0.1, 0.15) is 11.3 Å². The normalized spacial score (nSPS) is 12.2. The molecule has 1 aromatic carbocycles. The van der Waals surface area contributed by atoms with Crippen LogP contribution in [0.25, 0.3) is 33.8 Å². The second-order valence-electron chi connectivity index (χ2n) is 7.33. The van der Waals surface area contributed by atoms with Gasteiger partial charge < -0.3 is 5.73 Å². The number of hydrogen-bond acceptors (Lipinski definition) is 4. The van der Waals surface area contributed by atoms with E-state index in [-0.39, 0.29) is 0 Å². The van der Waals surface area contributed by atoms with Gasteiger partial charge in [0.15, 0.2) is 11.5 Å². The Morgan fingerprint density at radius 2 is 1.84 bits per heavy atom. The third-order valence-electron chi connectivity index (χ3n) is 5.25. The van der Waals surface area contributed by atoms with Crippen LogP contribution in [0.15, 0.2) is 73.0 Å². The van der Waals surface area contributed by atoms with Crippen LogP contribution in [-0.4, -0.2) is 19.5 Å². The van der Waals surface area contributed by atoms with Crippen LogP contribution >= 0.6 is 0 Å². The lowest BCUT2D eigenvalue weighted by atomic mass is 10.1. The summed E-state index contributed by atoms with van der Waals surface area (Å²) >= 11 is 0. The number of aromatic nitrogens is 4. The molecule has 0 amide bonds. The van der Waals surface area contributed by atoms with Crippen LogP contribution in [-0.2, 0) is 6.42 Å². The van der Waals surface area contributed by atoms with Gasteiger partial charge in [-0.15, -0.1) is 0 Å². The maximum absolute atomic E-state index is 6.22. The van der Waals surface area contributed by atoms with E-state index in [1.165, 1.54) is 5.56 Å². The number of nitrogens with zero attached hydrogens (tertiary/aromatic N) is 4. The summed E-state index contributed by atoms with van der Waals surface area (Å²) in [4.78, 5) is 14.2. The largest absolute Gasteiger partial charge is 0.383 e. The smallest absolute Gasteiger partial charge is 0.165 e. The van der Waals surface area contributed by atoms with Crippen molar-refractivity contribution in [3.8, 4) is 17.1 Å². The van der Waals surface area contributed by atoms with Crippen molar-refractivity contribution in [2.75, 3.05) is 5.73 Å². The summed E-state index contributed by atoms with van der Waals surface area (Å²) in [6.07, 6.45) is 9.94. The number of hydrogen-bond donors (Lipinski definition) is 1. The number of rotatable bonds is 6. The first-order valence-electron chi connectivity index (χ1n) is 10.7. The molecular weight excluding hydrogens is 382 g/mol. The maximum atomic E-state index is 6.22. The molecule has 0 unspecified atom stereocenters. The van der Waals surface area contributed by atoms with E-state index < -0.39 is 0 Å². The van der Waals surface area contributed by atoms with Gasteiger partial charge >= 0.3 is 0 Å². The van der Waals surface area contributed by atoms with Gasteiger partial charge in [-0.05, 0) is 67.3 Å². The molecule has 0 saturated carbocycles. The fraction of sp³-hybridized carbons (Fsp3) is 0.192. The molecule has 3 aromatic heterocycles. The minimum atomic E-state index is 0.449. The van der Waals surface area contributed by atoms with E-state index in [1.54, 1.807) is 6.20 Å². The Morgan fingerprint density at radius 1 is 1.03 bits per heavy atom. The molecule has 0 aliphatic carbocycles. The van der Waals surface area contributed by atoms with E-state index in [0.717, 1.165) is 52.3 Å². The number of anilines is 1. The van der Waals surface area contributed by atoms with Crippen LogP contribution in [0.3, 0.4) is 0 Å². The first kappa shape index (κ1) is 20.5. The molecule has 5 heteroatoms. The predicted octanol–water partition coefficient (Wildman–Crippen LogP) is 6.00. The van der Waals surface area contributed by atoms with Crippen molar-refractivity contribution in [3.63, 3.8) is 0 Å². The quantitative estimate of drug-likeness (QED) is 0.397. The average Bonchev–Trinajstić information content (AvgIpc) is 3.17. The lowest BCUT2D eigenvalue weighted by Gasteiger charge is -2.11. The zero-order valence-electron chi connectivity index (χ0n) is 18.2. The van der Waals surface area contributed by atoms with Gasteiger partial charge in [0.05, 0.1) is 11.3 Å². The van der Waals surface area contributed by atoms with Crippen molar-refractivity contribution in [2.24, 2.45) is 0 Å². The number of fused-ring (bicyclic) bond motifs is 1. The van der Waals surface area contributed by atoms with Gasteiger partial charge in [-0.25, -0.2) is 15.0 Å². The molecule has 0 fully saturated rings. The molecule has 2 N–H and O–H groups in total. The van der Waals surface area contributed by atoms with Crippen LogP contribution in [0.5, 0.6) is 0 Å². The summed E-state index contributed by atoms with van der Waals surface area (Å²) in [5, 5.41) is 0. The fourth-order valence-electron chi connectivity index (χ4n) is 3.69. The molecule has 5 nitrogen and oxygen atoms in total. The summed E-state index contributed by atoms with van der Waals surface area (Å²) < 4.78 is 2.07. The van der Waals surface area contributed by atoms with Crippen molar-refractivity contribution in [1.29, 1.82) is 0 Å².